The van der Waals surface area contributed by atoms with E-state index in [0.717, 1.165) is 20.9 Å². The summed E-state index contributed by atoms with van der Waals surface area (Å²) in [5.74, 6) is 0. The number of halogens is 1. The second kappa shape index (κ2) is 5.29. The predicted octanol–water partition coefficient (Wildman–Crippen LogP) is 4.25. The number of rotatable bonds is 1. The zero-order chi connectivity index (χ0) is 14.9. The van der Waals surface area contributed by atoms with E-state index >= 15 is 0 Å². The van der Waals surface area contributed by atoms with Crippen LogP contribution in [-0.2, 0) is 11.2 Å². The summed E-state index contributed by atoms with van der Waals surface area (Å²) in [7, 11) is 0. The molecule has 0 aliphatic carbocycles. The van der Waals surface area contributed by atoms with Crippen molar-refractivity contribution in [3.8, 4) is 6.07 Å². The fourth-order valence-electron chi connectivity index (χ4n) is 1.96. The van der Waals surface area contributed by atoms with Gasteiger partial charge in [0.15, 0.2) is 0 Å². The summed E-state index contributed by atoms with van der Waals surface area (Å²) in [6.45, 7) is 5.47. The lowest BCUT2D eigenvalue weighted by molar-refractivity contribution is 0.0544. The first-order valence-electron chi connectivity index (χ1n) is 6.21. The number of hydrogen-bond donors (Lipinski definition) is 0. The van der Waals surface area contributed by atoms with Gasteiger partial charge in [-0.05, 0) is 44.5 Å². The summed E-state index contributed by atoms with van der Waals surface area (Å²) in [4.78, 5) is 12.2. The minimum absolute atomic E-state index is 0.253. The van der Waals surface area contributed by atoms with E-state index in [-0.39, 0.29) is 6.42 Å². The minimum Gasteiger partial charge on any atom is -0.443 e. The molecule has 5 heteroatoms. The molecule has 2 rings (SSSR count). The van der Waals surface area contributed by atoms with Gasteiger partial charge in [0.05, 0.1) is 18.0 Å². The molecule has 4 nitrogen and oxygen atoms in total. The largest absolute Gasteiger partial charge is 0.443 e. The standard InChI is InChI=1S/C15H15BrN2O2/c1-15(2,3)20-14(19)18-9-10(6-7-17)12-8-11(16)4-5-13(12)18/h4-5,8-9H,6H2,1-3H3. The molecule has 0 N–H and O–H groups in total. The predicted molar refractivity (Wildman–Crippen MR) is 80.6 cm³/mol. The highest BCUT2D eigenvalue weighted by atomic mass is 79.9. The highest BCUT2D eigenvalue weighted by Crippen LogP contribution is 2.26. The van der Waals surface area contributed by atoms with Gasteiger partial charge < -0.3 is 4.74 Å². The Balaban J connectivity index is 2.54. The monoisotopic (exact) mass is 334 g/mol. The fraction of sp³-hybridized carbons (Fsp3) is 0.333. The molecule has 1 heterocycles. The van der Waals surface area contributed by atoms with E-state index < -0.39 is 11.7 Å². The number of benzene rings is 1. The van der Waals surface area contributed by atoms with Gasteiger partial charge in [-0.1, -0.05) is 15.9 Å². The first-order chi connectivity index (χ1) is 9.31. The lowest BCUT2D eigenvalue weighted by Gasteiger charge is -2.19. The zero-order valence-corrected chi connectivity index (χ0v) is 13.2. The molecule has 0 saturated heterocycles. The molecule has 0 amide bonds. The van der Waals surface area contributed by atoms with Gasteiger partial charge in [-0.25, -0.2) is 4.79 Å². The second-order valence-corrected chi connectivity index (χ2v) is 6.42. The summed E-state index contributed by atoms with van der Waals surface area (Å²) in [6.07, 6.45) is 1.49. The Labute approximate surface area is 126 Å². The Morgan fingerprint density at radius 3 is 2.75 bits per heavy atom. The summed E-state index contributed by atoms with van der Waals surface area (Å²) in [5, 5.41) is 9.78. The van der Waals surface area contributed by atoms with Crippen LogP contribution in [0, 0.1) is 11.3 Å². The van der Waals surface area contributed by atoms with Crippen LogP contribution in [0.15, 0.2) is 28.9 Å². The number of carbonyl (C=O) groups is 1. The van der Waals surface area contributed by atoms with Crippen molar-refractivity contribution in [2.24, 2.45) is 0 Å². The maximum atomic E-state index is 12.2. The van der Waals surface area contributed by atoms with Crippen LogP contribution >= 0.6 is 15.9 Å². The summed E-state index contributed by atoms with van der Waals surface area (Å²) >= 11 is 3.40. The maximum Gasteiger partial charge on any atom is 0.419 e. The number of aromatic nitrogens is 1. The van der Waals surface area contributed by atoms with Gasteiger partial charge in [0.2, 0.25) is 0 Å². The Hall–Kier alpha value is -1.80. The third-order valence-corrected chi connectivity index (χ3v) is 3.20. The van der Waals surface area contributed by atoms with E-state index in [1.165, 1.54) is 4.57 Å². The van der Waals surface area contributed by atoms with Crippen LogP contribution in [0.4, 0.5) is 4.79 Å². The molecule has 0 spiro atoms. The molecule has 0 atom stereocenters. The van der Waals surface area contributed by atoms with Crippen LogP contribution in [0.2, 0.25) is 0 Å². The van der Waals surface area contributed by atoms with Crippen molar-refractivity contribution in [2.75, 3.05) is 0 Å². The molecule has 1 aromatic carbocycles. The van der Waals surface area contributed by atoms with Gasteiger partial charge in [0, 0.05) is 16.1 Å². The highest BCUT2D eigenvalue weighted by molar-refractivity contribution is 9.10. The number of nitriles is 1. The molecule has 0 radical (unpaired) electrons. The van der Waals surface area contributed by atoms with E-state index in [4.69, 9.17) is 10.00 Å². The highest BCUT2D eigenvalue weighted by Gasteiger charge is 2.20. The second-order valence-electron chi connectivity index (χ2n) is 5.50. The third kappa shape index (κ3) is 3.02. The number of nitrogens with zero attached hydrogens (tertiary/aromatic N) is 2. The van der Waals surface area contributed by atoms with Crippen molar-refractivity contribution in [2.45, 2.75) is 32.8 Å². The molecule has 20 heavy (non-hydrogen) atoms. The minimum atomic E-state index is -0.557. The molecule has 0 saturated carbocycles. The van der Waals surface area contributed by atoms with Crippen LogP contribution in [0.3, 0.4) is 0 Å². The topological polar surface area (TPSA) is 55.0 Å². The van der Waals surface area contributed by atoms with E-state index in [1.54, 1.807) is 6.20 Å². The number of ether oxygens (including phenoxy) is 1. The lowest BCUT2D eigenvalue weighted by Crippen LogP contribution is -2.26. The molecule has 1 aromatic heterocycles. The Bertz CT molecular complexity index is 705. The normalized spacial score (nSPS) is 11.3. The van der Waals surface area contributed by atoms with Crippen molar-refractivity contribution in [3.63, 3.8) is 0 Å². The van der Waals surface area contributed by atoms with Gasteiger partial charge in [0.25, 0.3) is 0 Å². The molecule has 104 valence electrons. The SMILES string of the molecule is CC(C)(C)OC(=O)n1cc(CC#N)c2cc(Br)ccc21. The van der Waals surface area contributed by atoms with Crippen molar-refractivity contribution < 1.29 is 9.53 Å². The maximum absolute atomic E-state index is 12.2. The van der Waals surface area contributed by atoms with E-state index in [0.29, 0.717) is 0 Å². The third-order valence-electron chi connectivity index (χ3n) is 2.71. The number of carbonyl (C=O) groups excluding carboxylic acids is 1. The average Bonchev–Trinajstić information content (AvgIpc) is 2.66. The van der Waals surface area contributed by atoms with Crippen molar-refractivity contribution in [1.82, 2.24) is 4.57 Å². The van der Waals surface area contributed by atoms with Crippen molar-refractivity contribution >= 4 is 32.9 Å². The number of fused-ring (bicyclic) bond motifs is 1. The first-order valence-corrected chi connectivity index (χ1v) is 7.01. The van der Waals surface area contributed by atoms with E-state index in [2.05, 4.69) is 22.0 Å². The van der Waals surface area contributed by atoms with Crippen LogP contribution in [0.5, 0.6) is 0 Å². The molecule has 2 aromatic rings. The van der Waals surface area contributed by atoms with Crippen LogP contribution in [0.25, 0.3) is 10.9 Å². The molecular weight excluding hydrogens is 320 g/mol. The zero-order valence-electron chi connectivity index (χ0n) is 11.6. The quantitative estimate of drug-likeness (QED) is 0.783. The molecule has 0 aliphatic heterocycles. The molecular formula is C15H15BrN2O2. The molecule has 0 fully saturated rings. The number of hydrogen-bond acceptors (Lipinski definition) is 3. The molecule has 0 aliphatic rings. The fourth-order valence-corrected chi connectivity index (χ4v) is 2.32. The van der Waals surface area contributed by atoms with E-state index in [1.807, 2.05) is 39.0 Å². The average molecular weight is 335 g/mol. The first kappa shape index (κ1) is 14.6. The molecule has 0 unspecified atom stereocenters. The summed E-state index contributed by atoms with van der Waals surface area (Å²) in [5.41, 5.74) is 1.00. The van der Waals surface area contributed by atoms with Crippen LogP contribution in [-0.4, -0.2) is 16.3 Å². The lowest BCUT2D eigenvalue weighted by atomic mass is 10.1. The summed E-state index contributed by atoms with van der Waals surface area (Å²) < 4.78 is 7.75. The Kier molecular flexibility index (Phi) is 3.87. The van der Waals surface area contributed by atoms with Gasteiger partial charge in [-0.3, -0.25) is 4.57 Å². The van der Waals surface area contributed by atoms with Gasteiger partial charge >= 0.3 is 6.09 Å². The Morgan fingerprint density at radius 1 is 1.45 bits per heavy atom. The van der Waals surface area contributed by atoms with Crippen LogP contribution in [0.1, 0.15) is 26.3 Å². The Morgan fingerprint density at radius 2 is 2.15 bits per heavy atom. The van der Waals surface area contributed by atoms with E-state index in [9.17, 15) is 4.79 Å². The van der Waals surface area contributed by atoms with Crippen molar-refractivity contribution in [3.05, 3.63) is 34.4 Å². The summed E-state index contributed by atoms with van der Waals surface area (Å²) in [6, 6.07) is 7.72. The van der Waals surface area contributed by atoms with Gasteiger partial charge in [0.1, 0.15) is 5.60 Å². The molecule has 0 bridgehead atoms. The van der Waals surface area contributed by atoms with Crippen molar-refractivity contribution in [1.29, 1.82) is 5.26 Å². The van der Waals surface area contributed by atoms with Crippen LogP contribution < -0.4 is 0 Å². The van der Waals surface area contributed by atoms with Gasteiger partial charge in [-0.2, -0.15) is 5.26 Å². The smallest absolute Gasteiger partial charge is 0.419 e. The van der Waals surface area contributed by atoms with Gasteiger partial charge in [-0.15, -0.1) is 0 Å².